The third-order valence-corrected chi connectivity index (χ3v) is 3.10. The SMILES string of the molecule is Cc1cc(C)c2[nH]cc(-c3cccnc3)c2c1. The predicted molar refractivity (Wildman–Crippen MR) is 71.0 cm³/mol. The molecule has 0 aliphatic carbocycles. The minimum Gasteiger partial charge on any atom is -0.360 e. The van der Waals surface area contributed by atoms with Crippen LogP contribution in [0.1, 0.15) is 11.1 Å². The molecular formula is C15H14N2. The van der Waals surface area contributed by atoms with Crippen LogP contribution in [0.2, 0.25) is 0 Å². The van der Waals surface area contributed by atoms with Gasteiger partial charge in [0.05, 0.1) is 0 Å². The maximum atomic E-state index is 4.18. The number of rotatable bonds is 1. The maximum absolute atomic E-state index is 4.18. The molecule has 17 heavy (non-hydrogen) atoms. The Morgan fingerprint density at radius 1 is 1.18 bits per heavy atom. The lowest BCUT2D eigenvalue weighted by atomic mass is 10.0. The summed E-state index contributed by atoms with van der Waals surface area (Å²) in [5, 5.41) is 1.27. The molecule has 0 amide bonds. The van der Waals surface area contributed by atoms with Crippen molar-refractivity contribution in [2.24, 2.45) is 0 Å². The fourth-order valence-corrected chi connectivity index (χ4v) is 2.35. The van der Waals surface area contributed by atoms with Gasteiger partial charge in [-0.05, 0) is 31.5 Å². The highest BCUT2D eigenvalue weighted by atomic mass is 14.7. The van der Waals surface area contributed by atoms with E-state index in [1.807, 2.05) is 12.3 Å². The Morgan fingerprint density at radius 3 is 2.82 bits per heavy atom. The second kappa shape index (κ2) is 3.74. The molecule has 1 N–H and O–H groups in total. The first-order chi connectivity index (χ1) is 8.25. The number of benzene rings is 1. The van der Waals surface area contributed by atoms with E-state index in [4.69, 9.17) is 0 Å². The molecule has 0 aliphatic heterocycles. The van der Waals surface area contributed by atoms with Crippen molar-refractivity contribution in [1.82, 2.24) is 9.97 Å². The number of hydrogen-bond acceptors (Lipinski definition) is 1. The minimum atomic E-state index is 1.16. The van der Waals surface area contributed by atoms with Crippen molar-refractivity contribution in [3.8, 4) is 11.1 Å². The van der Waals surface area contributed by atoms with Crippen LogP contribution in [-0.4, -0.2) is 9.97 Å². The number of hydrogen-bond donors (Lipinski definition) is 1. The van der Waals surface area contributed by atoms with Gasteiger partial charge in [0, 0.05) is 40.6 Å². The molecule has 0 spiro atoms. The molecule has 0 fully saturated rings. The zero-order chi connectivity index (χ0) is 11.8. The fourth-order valence-electron chi connectivity index (χ4n) is 2.35. The van der Waals surface area contributed by atoms with Gasteiger partial charge in [-0.25, -0.2) is 0 Å². The summed E-state index contributed by atoms with van der Waals surface area (Å²) in [7, 11) is 0. The lowest BCUT2D eigenvalue weighted by Crippen LogP contribution is -1.81. The number of pyridine rings is 1. The Balaban J connectivity index is 2.32. The smallest absolute Gasteiger partial charge is 0.0490 e. The molecule has 0 radical (unpaired) electrons. The van der Waals surface area contributed by atoms with Crippen LogP contribution < -0.4 is 0 Å². The van der Waals surface area contributed by atoms with Gasteiger partial charge in [0.1, 0.15) is 0 Å². The number of nitrogens with one attached hydrogen (secondary N) is 1. The van der Waals surface area contributed by atoms with Gasteiger partial charge in [0.25, 0.3) is 0 Å². The number of nitrogens with zero attached hydrogens (tertiary/aromatic N) is 1. The van der Waals surface area contributed by atoms with Crippen LogP contribution in [0.15, 0.2) is 42.9 Å². The number of aryl methyl sites for hydroxylation is 2. The Hall–Kier alpha value is -2.09. The van der Waals surface area contributed by atoms with Crippen LogP contribution in [-0.2, 0) is 0 Å². The highest BCUT2D eigenvalue weighted by Gasteiger charge is 2.08. The van der Waals surface area contributed by atoms with Gasteiger partial charge < -0.3 is 4.98 Å². The summed E-state index contributed by atoms with van der Waals surface area (Å²) in [4.78, 5) is 7.53. The van der Waals surface area contributed by atoms with Gasteiger partial charge >= 0.3 is 0 Å². The number of fused-ring (bicyclic) bond motifs is 1. The first-order valence-electron chi connectivity index (χ1n) is 5.74. The van der Waals surface area contributed by atoms with Crippen molar-refractivity contribution in [3.63, 3.8) is 0 Å². The molecule has 2 heteroatoms. The van der Waals surface area contributed by atoms with Crippen LogP contribution in [0.5, 0.6) is 0 Å². The second-order valence-corrected chi connectivity index (χ2v) is 4.45. The van der Waals surface area contributed by atoms with Gasteiger partial charge in [-0.3, -0.25) is 4.98 Å². The van der Waals surface area contributed by atoms with E-state index in [0.717, 1.165) is 5.56 Å². The first-order valence-corrected chi connectivity index (χ1v) is 5.74. The van der Waals surface area contributed by atoms with E-state index in [1.54, 1.807) is 6.20 Å². The van der Waals surface area contributed by atoms with E-state index in [-0.39, 0.29) is 0 Å². The largest absolute Gasteiger partial charge is 0.360 e. The Kier molecular flexibility index (Phi) is 2.22. The van der Waals surface area contributed by atoms with Crippen molar-refractivity contribution in [3.05, 3.63) is 54.0 Å². The monoisotopic (exact) mass is 222 g/mol. The van der Waals surface area contributed by atoms with Crippen LogP contribution in [0.4, 0.5) is 0 Å². The van der Waals surface area contributed by atoms with Gasteiger partial charge in [-0.2, -0.15) is 0 Å². The number of aromatic amines is 1. The summed E-state index contributed by atoms with van der Waals surface area (Å²) in [6.07, 6.45) is 5.77. The number of H-pyrrole nitrogens is 1. The molecular weight excluding hydrogens is 208 g/mol. The molecule has 2 aromatic heterocycles. The summed E-state index contributed by atoms with van der Waals surface area (Å²) in [6.45, 7) is 4.27. The minimum absolute atomic E-state index is 1.16. The van der Waals surface area contributed by atoms with E-state index < -0.39 is 0 Å². The third-order valence-electron chi connectivity index (χ3n) is 3.10. The topological polar surface area (TPSA) is 28.7 Å². The van der Waals surface area contributed by atoms with Crippen LogP contribution in [0, 0.1) is 13.8 Å². The molecule has 3 aromatic rings. The van der Waals surface area contributed by atoms with Crippen LogP contribution in [0.3, 0.4) is 0 Å². The first kappa shape index (κ1) is 10.1. The molecule has 0 bridgehead atoms. The highest BCUT2D eigenvalue weighted by Crippen LogP contribution is 2.30. The van der Waals surface area contributed by atoms with Gasteiger partial charge in [-0.1, -0.05) is 17.7 Å². The quantitative estimate of drug-likeness (QED) is 0.665. The number of aromatic nitrogens is 2. The average Bonchev–Trinajstić information content (AvgIpc) is 2.74. The molecule has 2 heterocycles. The molecule has 84 valence electrons. The summed E-state index contributed by atoms with van der Waals surface area (Å²) in [6, 6.07) is 8.48. The molecule has 0 unspecified atom stereocenters. The Bertz CT molecular complexity index is 666. The van der Waals surface area contributed by atoms with Gasteiger partial charge in [0.15, 0.2) is 0 Å². The Morgan fingerprint density at radius 2 is 2.06 bits per heavy atom. The summed E-state index contributed by atoms with van der Waals surface area (Å²) in [5.74, 6) is 0. The third kappa shape index (κ3) is 1.62. The summed E-state index contributed by atoms with van der Waals surface area (Å²) < 4.78 is 0. The van der Waals surface area contributed by atoms with Gasteiger partial charge in [0.2, 0.25) is 0 Å². The molecule has 0 saturated heterocycles. The van der Waals surface area contributed by atoms with Gasteiger partial charge in [-0.15, -0.1) is 0 Å². The summed E-state index contributed by atoms with van der Waals surface area (Å²) >= 11 is 0. The lowest BCUT2D eigenvalue weighted by molar-refractivity contribution is 1.33. The van der Waals surface area contributed by atoms with Crippen molar-refractivity contribution >= 4 is 10.9 Å². The van der Waals surface area contributed by atoms with Crippen molar-refractivity contribution in [2.45, 2.75) is 13.8 Å². The zero-order valence-corrected chi connectivity index (χ0v) is 9.99. The standard InChI is InChI=1S/C15H14N2/c1-10-6-11(2)15-13(7-10)14(9-17-15)12-4-3-5-16-8-12/h3-9,17H,1-2H3. The van der Waals surface area contributed by atoms with Crippen molar-refractivity contribution in [2.75, 3.05) is 0 Å². The highest BCUT2D eigenvalue weighted by molar-refractivity contribution is 5.97. The predicted octanol–water partition coefficient (Wildman–Crippen LogP) is 3.85. The maximum Gasteiger partial charge on any atom is 0.0490 e. The van der Waals surface area contributed by atoms with Crippen LogP contribution in [0.25, 0.3) is 22.0 Å². The van der Waals surface area contributed by atoms with E-state index in [9.17, 15) is 0 Å². The molecule has 0 saturated carbocycles. The van der Waals surface area contributed by atoms with Crippen LogP contribution >= 0.6 is 0 Å². The van der Waals surface area contributed by atoms with E-state index in [0.29, 0.717) is 0 Å². The molecule has 0 atom stereocenters. The van der Waals surface area contributed by atoms with E-state index >= 15 is 0 Å². The molecule has 3 rings (SSSR count). The lowest BCUT2D eigenvalue weighted by Gasteiger charge is -2.02. The van der Waals surface area contributed by atoms with Crippen molar-refractivity contribution in [1.29, 1.82) is 0 Å². The zero-order valence-electron chi connectivity index (χ0n) is 9.99. The second-order valence-electron chi connectivity index (χ2n) is 4.45. The average molecular weight is 222 g/mol. The van der Waals surface area contributed by atoms with Crippen molar-refractivity contribution < 1.29 is 0 Å². The van der Waals surface area contributed by atoms with E-state index in [2.05, 4.69) is 48.2 Å². The Labute approximate surface area is 100 Å². The molecule has 1 aromatic carbocycles. The van der Waals surface area contributed by atoms with E-state index in [1.165, 1.54) is 27.6 Å². The fraction of sp³-hybridized carbons (Fsp3) is 0.133. The molecule has 0 aliphatic rings. The summed E-state index contributed by atoms with van der Waals surface area (Å²) in [5.41, 5.74) is 6.17. The molecule has 2 nitrogen and oxygen atoms in total. The normalized spacial score (nSPS) is 10.9.